The van der Waals surface area contributed by atoms with E-state index in [1.165, 1.54) is 0 Å². The van der Waals surface area contributed by atoms with Gasteiger partial charge in [0, 0.05) is 48.9 Å². The summed E-state index contributed by atoms with van der Waals surface area (Å²) < 4.78 is 5.37. The molecule has 2 rings (SSSR count). The molecule has 1 aromatic carbocycles. The average molecular weight is 448 g/mol. The first-order chi connectivity index (χ1) is 15.5. The molecule has 1 atom stereocenters. The number of likely N-dealkylation sites (N-methyl/N-ethyl adjacent to an activating group) is 1. The van der Waals surface area contributed by atoms with Crippen molar-refractivity contribution >= 4 is 6.03 Å². The molecule has 0 unspecified atom stereocenters. The van der Waals surface area contributed by atoms with Crippen LogP contribution >= 0.6 is 0 Å². The first-order valence-corrected chi connectivity index (χ1v) is 10.5. The van der Waals surface area contributed by atoms with Crippen LogP contribution < -0.4 is 21.6 Å². The van der Waals surface area contributed by atoms with Crippen molar-refractivity contribution < 1.29 is 14.6 Å². The maximum Gasteiger partial charge on any atom is 0.314 e. The molecule has 0 saturated heterocycles. The van der Waals surface area contributed by atoms with Crippen LogP contribution in [0.5, 0.6) is 5.75 Å². The molecule has 1 aliphatic heterocycles. The lowest BCUT2D eigenvalue weighted by atomic mass is 10.1. The Morgan fingerprint density at radius 1 is 1.31 bits per heavy atom. The number of benzene rings is 1. The molecule has 1 aromatic rings. The summed E-state index contributed by atoms with van der Waals surface area (Å²) in [6.07, 6.45) is 3.34. The number of carbonyl (C=O) groups is 1. The van der Waals surface area contributed by atoms with Gasteiger partial charge in [-0.05, 0) is 43.7 Å². The van der Waals surface area contributed by atoms with Crippen LogP contribution in [0.15, 0.2) is 41.3 Å². The van der Waals surface area contributed by atoms with Crippen LogP contribution in [0.2, 0.25) is 0 Å². The number of nitrogens with zero attached hydrogens (tertiary/aromatic N) is 5. The highest BCUT2D eigenvalue weighted by Gasteiger charge is 2.14. The van der Waals surface area contributed by atoms with Crippen LogP contribution in [0.4, 0.5) is 4.79 Å². The molecule has 0 aromatic heterocycles. The summed E-state index contributed by atoms with van der Waals surface area (Å²) in [6.45, 7) is 2.85. The highest BCUT2D eigenvalue weighted by atomic mass is 16.5. The summed E-state index contributed by atoms with van der Waals surface area (Å²) in [6, 6.07) is 7.05. The topological polar surface area (TPSA) is 150 Å². The molecule has 1 aliphatic rings. The van der Waals surface area contributed by atoms with Crippen molar-refractivity contribution in [2.45, 2.75) is 18.9 Å². The Bertz CT molecular complexity index is 779. The number of hydrazine groups is 2. The Hall–Kier alpha value is -3.18. The van der Waals surface area contributed by atoms with Crippen LogP contribution in [0, 0.1) is 0 Å². The lowest BCUT2D eigenvalue weighted by Gasteiger charge is -2.25. The molecule has 12 heteroatoms. The van der Waals surface area contributed by atoms with Gasteiger partial charge in [0.25, 0.3) is 0 Å². The van der Waals surface area contributed by atoms with Gasteiger partial charge in [0.05, 0.1) is 19.8 Å². The second-order valence-electron chi connectivity index (χ2n) is 7.53. The van der Waals surface area contributed by atoms with E-state index in [2.05, 4.69) is 36.5 Å². The third-order valence-electron chi connectivity index (χ3n) is 4.86. The van der Waals surface area contributed by atoms with Crippen molar-refractivity contribution in [3.63, 3.8) is 0 Å². The number of urea groups is 1. The van der Waals surface area contributed by atoms with Crippen LogP contribution in [-0.2, 0) is 11.2 Å². The molecule has 0 bridgehead atoms. The van der Waals surface area contributed by atoms with E-state index in [9.17, 15) is 9.90 Å². The number of nitrogens with one attached hydrogen (secondary N) is 4. The van der Waals surface area contributed by atoms with Gasteiger partial charge in [-0.3, -0.25) is 5.01 Å². The Morgan fingerprint density at radius 3 is 2.81 bits per heavy atom. The van der Waals surface area contributed by atoms with Gasteiger partial charge < -0.3 is 30.8 Å². The van der Waals surface area contributed by atoms with Crippen molar-refractivity contribution in [3.8, 4) is 5.75 Å². The van der Waals surface area contributed by atoms with E-state index < -0.39 is 0 Å². The number of phenolic OH excluding ortho intramolecular Hbond substituents is 1. The summed E-state index contributed by atoms with van der Waals surface area (Å²) in [4.78, 5) is 16.9. The van der Waals surface area contributed by atoms with E-state index in [1.807, 2.05) is 37.4 Å². The molecule has 12 nitrogen and oxygen atoms in total. The molecule has 0 fully saturated rings. The van der Waals surface area contributed by atoms with E-state index in [0.717, 1.165) is 17.7 Å². The van der Waals surface area contributed by atoms with Gasteiger partial charge in [0.2, 0.25) is 0 Å². The fourth-order valence-electron chi connectivity index (χ4n) is 2.98. The molecule has 32 heavy (non-hydrogen) atoms. The monoisotopic (exact) mass is 447 g/mol. The zero-order chi connectivity index (χ0) is 23.2. The molecular weight excluding hydrogens is 414 g/mol. The predicted molar refractivity (Wildman–Crippen MR) is 121 cm³/mol. The van der Waals surface area contributed by atoms with Crippen LogP contribution in [-0.4, -0.2) is 80.6 Å². The second-order valence-corrected chi connectivity index (χ2v) is 7.53. The number of aromatic hydroxyl groups is 1. The van der Waals surface area contributed by atoms with Crippen LogP contribution in [0.25, 0.3) is 10.4 Å². The van der Waals surface area contributed by atoms with Crippen molar-refractivity contribution in [2.75, 3.05) is 53.5 Å². The van der Waals surface area contributed by atoms with Crippen molar-refractivity contribution in [1.82, 2.24) is 31.5 Å². The SMILES string of the molecule is CN(C)[C@H](CNC(=O)NCCC1=CN(CCOCCN=[N+]=[N-])NN1)Cc1ccc(O)cc1. The minimum Gasteiger partial charge on any atom is -0.508 e. The third-order valence-corrected chi connectivity index (χ3v) is 4.86. The number of carbonyl (C=O) groups excluding carboxylic acids is 1. The summed E-state index contributed by atoms with van der Waals surface area (Å²) >= 11 is 0. The largest absolute Gasteiger partial charge is 0.508 e. The number of rotatable bonds is 14. The quantitative estimate of drug-likeness (QED) is 0.124. The Morgan fingerprint density at radius 2 is 2.09 bits per heavy atom. The van der Waals surface area contributed by atoms with Gasteiger partial charge in [-0.15, -0.1) is 5.53 Å². The first kappa shape index (κ1) is 25.1. The maximum atomic E-state index is 12.2. The standard InChI is InChI=1S/C20H33N9O3/c1-28(2)18(13-16-3-5-19(30)6-4-16)14-23-20(31)22-8-7-17-15-29(27-25-17)10-12-32-11-9-24-26-21/h3-6,15,18,25,27,30H,7-14H2,1-2H3,(H2,22,23,31)/t18-/m0/s1. The lowest BCUT2D eigenvalue weighted by molar-refractivity contribution is 0.109. The van der Waals surface area contributed by atoms with Gasteiger partial charge in [-0.2, -0.15) is 0 Å². The smallest absolute Gasteiger partial charge is 0.314 e. The molecule has 0 aliphatic carbocycles. The molecule has 176 valence electrons. The number of azide groups is 1. The van der Waals surface area contributed by atoms with Crippen LogP contribution in [0.1, 0.15) is 12.0 Å². The molecule has 0 saturated carbocycles. The van der Waals surface area contributed by atoms with Crippen molar-refractivity contribution in [3.05, 3.63) is 52.2 Å². The number of amides is 2. The van der Waals surface area contributed by atoms with Crippen molar-refractivity contribution in [2.24, 2.45) is 5.11 Å². The van der Waals surface area contributed by atoms with Gasteiger partial charge in [-0.25, -0.2) is 4.79 Å². The minimum atomic E-state index is -0.209. The normalized spacial score (nSPS) is 13.8. The number of phenols is 1. The Kier molecular flexibility index (Phi) is 11.0. The number of hydrogen-bond acceptors (Lipinski definition) is 8. The molecule has 0 radical (unpaired) electrons. The molecular formula is C20H33N9O3. The van der Waals surface area contributed by atoms with Gasteiger partial charge in [0.1, 0.15) is 5.75 Å². The summed E-state index contributed by atoms with van der Waals surface area (Å²) in [5.74, 6) is 0.244. The minimum absolute atomic E-state index is 0.135. The summed E-state index contributed by atoms with van der Waals surface area (Å²) in [5, 5.41) is 20.5. The highest BCUT2D eigenvalue weighted by molar-refractivity contribution is 5.73. The Labute approximate surface area is 188 Å². The Balaban J connectivity index is 1.61. The van der Waals surface area contributed by atoms with E-state index in [-0.39, 0.29) is 17.8 Å². The van der Waals surface area contributed by atoms with E-state index in [4.69, 9.17) is 10.3 Å². The highest BCUT2D eigenvalue weighted by Crippen LogP contribution is 2.12. The summed E-state index contributed by atoms with van der Waals surface area (Å²) in [7, 11) is 3.96. The number of hydrogen-bond donors (Lipinski definition) is 5. The molecule has 0 spiro atoms. The average Bonchev–Trinajstić information content (AvgIpc) is 3.22. The first-order valence-electron chi connectivity index (χ1n) is 10.5. The number of ether oxygens (including phenoxy) is 1. The zero-order valence-electron chi connectivity index (χ0n) is 18.6. The fraction of sp³-hybridized carbons (Fsp3) is 0.550. The van der Waals surface area contributed by atoms with Crippen LogP contribution in [0.3, 0.4) is 0 Å². The predicted octanol–water partition coefficient (Wildman–Crippen LogP) is 1.05. The molecule has 5 N–H and O–H groups in total. The van der Waals surface area contributed by atoms with E-state index in [0.29, 0.717) is 45.8 Å². The maximum absolute atomic E-state index is 12.2. The lowest BCUT2D eigenvalue weighted by Crippen LogP contribution is -2.45. The van der Waals surface area contributed by atoms with Gasteiger partial charge >= 0.3 is 6.03 Å². The second kappa shape index (κ2) is 14.0. The van der Waals surface area contributed by atoms with Gasteiger partial charge in [0.15, 0.2) is 0 Å². The molecule has 2 amide bonds. The van der Waals surface area contributed by atoms with E-state index >= 15 is 0 Å². The van der Waals surface area contributed by atoms with Gasteiger partial charge in [-0.1, -0.05) is 17.2 Å². The van der Waals surface area contributed by atoms with E-state index in [1.54, 1.807) is 12.1 Å². The fourth-order valence-corrected chi connectivity index (χ4v) is 2.98. The zero-order valence-corrected chi connectivity index (χ0v) is 18.6. The summed E-state index contributed by atoms with van der Waals surface area (Å²) in [5.41, 5.74) is 16.3. The third kappa shape index (κ3) is 9.75. The van der Waals surface area contributed by atoms with Crippen molar-refractivity contribution in [1.29, 1.82) is 0 Å². The molecule has 1 heterocycles.